The molecule has 0 aromatic heterocycles. The number of aromatic hydroxyl groups is 1. The number of phenolic OH excluding ortho intramolecular Hbond substituents is 1. The molecule has 1 aliphatic carbocycles. The van der Waals surface area contributed by atoms with Gasteiger partial charge in [0, 0.05) is 29.2 Å². The molecule has 2 aliphatic rings. The highest BCUT2D eigenvalue weighted by atomic mass is 79.9. The zero-order valence-corrected chi connectivity index (χ0v) is 11.8. The maximum absolute atomic E-state index is 9.80. The summed E-state index contributed by atoms with van der Waals surface area (Å²) >= 11 is 3.43. The van der Waals surface area contributed by atoms with Crippen molar-refractivity contribution in [2.45, 2.75) is 38.0 Å². The van der Waals surface area contributed by atoms with Crippen LogP contribution in [0.3, 0.4) is 0 Å². The average molecular weight is 312 g/mol. The second-order valence-corrected chi connectivity index (χ2v) is 6.14. The molecule has 1 saturated heterocycles. The van der Waals surface area contributed by atoms with Crippen LogP contribution in [0.4, 0.5) is 0 Å². The van der Waals surface area contributed by atoms with Crippen LogP contribution in [0, 0.1) is 5.92 Å². The molecule has 0 amide bonds. The molecule has 4 heteroatoms. The van der Waals surface area contributed by atoms with Crippen LogP contribution in [-0.2, 0) is 11.3 Å². The molecule has 0 spiro atoms. The molecule has 1 aromatic carbocycles. The predicted molar refractivity (Wildman–Crippen MR) is 73.5 cm³/mol. The number of hydrogen-bond acceptors (Lipinski definition) is 3. The van der Waals surface area contributed by atoms with Crippen LogP contribution in [0.2, 0.25) is 0 Å². The Kier molecular flexibility index (Phi) is 3.59. The van der Waals surface area contributed by atoms with E-state index < -0.39 is 0 Å². The Hall–Kier alpha value is -0.580. The van der Waals surface area contributed by atoms with E-state index in [2.05, 4.69) is 21.2 Å². The highest BCUT2D eigenvalue weighted by Crippen LogP contribution is 2.38. The average Bonchev–Trinajstić information content (AvgIpc) is 3.10. The molecular weight excluding hydrogens is 294 g/mol. The topological polar surface area (TPSA) is 41.5 Å². The molecule has 98 valence electrons. The molecule has 2 fully saturated rings. The second kappa shape index (κ2) is 5.19. The van der Waals surface area contributed by atoms with Crippen LogP contribution in [0.15, 0.2) is 22.7 Å². The van der Waals surface area contributed by atoms with Crippen molar-refractivity contribution in [3.8, 4) is 5.75 Å². The Morgan fingerprint density at radius 2 is 2.17 bits per heavy atom. The Morgan fingerprint density at radius 3 is 2.94 bits per heavy atom. The summed E-state index contributed by atoms with van der Waals surface area (Å²) in [4.78, 5) is 0. The number of hydrogen-bond donors (Lipinski definition) is 2. The number of benzene rings is 1. The molecule has 0 radical (unpaired) electrons. The van der Waals surface area contributed by atoms with E-state index in [1.807, 2.05) is 12.1 Å². The van der Waals surface area contributed by atoms with E-state index in [-0.39, 0.29) is 0 Å². The van der Waals surface area contributed by atoms with Gasteiger partial charge < -0.3 is 15.2 Å². The largest absolute Gasteiger partial charge is 0.508 e. The van der Waals surface area contributed by atoms with Crippen LogP contribution in [0.5, 0.6) is 5.75 Å². The summed E-state index contributed by atoms with van der Waals surface area (Å²) in [7, 11) is 0. The van der Waals surface area contributed by atoms with Gasteiger partial charge in [0.05, 0.1) is 6.10 Å². The van der Waals surface area contributed by atoms with Crippen molar-refractivity contribution in [3.05, 3.63) is 28.2 Å². The lowest BCUT2D eigenvalue weighted by Crippen LogP contribution is -2.37. The number of phenols is 1. The minimum atomic E-state index is 0.354. The molecule has 2 N–H and O–H groups in total. The van der Waals surface area contributed by atoms with Crippen molar-refractivity contribution < 1.29 is 9.84 Å². The molecule has 3 rings (SSSR count). The molecular formula is C14H18BrNO2. The number of halogens is 1. The van der Waals surface area contributed by atoms with Gasteiger partial charge in [-0.25, -0.2) is 0 Å². The minimum absolute atomic E-state index is 0.354. The maximum atomic E-state index is 9.80. The summed E-state index contributed by atoms with van der Waals surface area (Å²) in [5, 5.41) is 13.3. The Bertz CT molecular complexity index is 434. The molecule has 2 unspecified atom stereocenters. The highest BCUT2D eigenvalue weighted by molar-refractivity contribution is 9.10. The first-order valence-electron chi connectivity index (χ1n) is 6.56. The molecule has 2 atom stereocenters. The fourth-order valence-electron chi connectivity index (χ4n) is 2.66. The van der Waals surface area contributed by atoms with Crippen LogP contribution in [-0.4, -0.2) is 23.9 Å². The van der Waals surface area contributed by atoms with Crippen LogP contribution < -0.4 is 5.32 Å². The van der Waals surface area contributed by atoms with E-state index in [0.29, 0.717) is 24.4 Å². The SMILES string of the molecule is Oc1ccc(Br)cc1CNC1CCOC1C1CC1. The van der Waals surface area contributed by atoms with E-state index >= 15 is 0 Å². The van der Waals surface area contributed by atoms with Gasteiger partial charge >= 0.3 is 0 Å². The van der Waals surface area contributed by atoms with Gasteiger partial charge in [-0.05, 0) is 43.4 Å². The fourth-order valence-corrected chi connectivity index (χ4v) is 3.06. The standard InChI is InChI=1S/C14H18BrNO2/c15-11-3-4-13(17)10(7-11)8-16-12-5-6-18-14(12)9-1-2-9/h3-4,7,9,12,14,16-17H,1-2,5-6,8H2. The molecule has 1 heterocycles. The molecule has 1 aliphatic heterocycles. The van der Waals surface area contributed by atoms with E-state index in [1.54, 1.807) is 6.07 Å². The van der Waals surface area contributed by atoms with E-state index in [0.717, 1.165) is 29.0 Å². The first-order valence-corrected chi connectivity index (χ1v) is 7.36. The van der Waals surface area contributed by atoms with Crippen LogP contribution in [0.25, 0.3) is 0 Å². The zero-order valence-electron chi connectivity index (χ0n) is 10.2. The summed E-state index contributed by atoms with van der Waals surface area (Å²) < 4.78 is 6.80. The van der Waals surface area contributed by atoms with Crippen molar-refractivity contribution in [2.75, 3.05) is 6.61 Å². The third-order valence-electron chi connectivity index (χ3n) is 3.82. The van der Waals surface area contributed by atoms with Gasteiger partial charge in [0.2, 0.25) is 0 Å². The van der Waals surface area contributed by atoms with Crippen molar-refractivity contribution >= 4 is 15.9 Å². The Morgan fingerprint density at radius 1 is 1.33 bits per heavy atom. The highest BCUT2D eigenvalue weighted by Gasteiger charge is 2.40. The molecule has 0 bridgehead atoms. The number of nitrogens with one attached hydrogen (secondary N) is 1. The first-order chi connectivity index (χ1) is 8.74. The summed E-state index contributed by atoms with van der Waals surface area (Å²) in [5.41, 5.74) is 0.936. The Labute approximate surface area is 116 Å². The quantitative estimate of drug-likeness (QED) is 0.898. The Balaban J connectivity index is 1.61. The first kappa shape index (κ1) is 12.5. The van der Waals surface area contributed by atoms with Gasteiger partial charge in [-0.1, -0.05) is 15.9 Å². The lowest BCUT2D eigenvalue weighted by Gasteiger charge is -2.19. The summed E-state index contributed by atoms with van der Waals surface area (Å²) in [6.07, 6.45) is 4.09. The van der Waals surface area contributed by atoms with Gasteiger partial charge in [0.1, 0.15) is 5.75 Å². The third-order valence-corrected chi connectivity index (χ3v) is 4.31. The molecule has 1 saturated carbocycles. The minimum Gasteiger partial charge on any atom is -0.508 e. The van der Waals surface area contributed by atoms with Gasteiger partial charge in [0.25, 0.3) is 0 Å². The summed E-state index contributed by atoms with van der Waals surface area (Å²) in [6.45, 7) is 1.56. The maximum Gasteiger partial charge on any atom is 0.120 e. The van der Waals surface area contributed by atoms with Crippen molar-refractivity contribution in [3.63, 3.8) is 0 Å². The monoisotopic (exact) mass is 311 g/mol. The number of ether oxygens (including phenoxy) is 1. The smallest absolute Gasteiger partial charge is 0.120 e. The van der Waals surface area contributed by atoms with Crippen molar-refractivity contribution in [1.29, 1.82) is 0 Å². The third kappa shape index (κ3) is 2.71. The predicted octanol–water partition coefficient (Wildman–Crippen LogP) is 2.81. The normalized spacial score (nSPS) is 27.6. The van der Waals surface area contributed by atoms with E-state index in [9.17, 15) is 5.11 Å². The van der Waals surface area contributed by atoms with Gasteiger partial charge in [-0.3, -0.25) is 0 Å². The second-order valence-electron chi connectivity index (χ2n) is 5.22. The molecule has 1 aromatic rings. The van der Waals surface area contributed by atoms with Crippen LogP contribution >= 0.6 is 15.9 Å². The molecule has 18 heavy (non-hydrogen) atoms. The number of rotatable bonds is 4. The van der Waals surface area contributed by atoms with E-state index in [4.69, 9.17) is 4.74 Å². The van der Waals surface area contributed by atoms with Gasteiger partial charge in [0.15, 0.2) is 0 Å². The summed E-state index contributed by atoms with van der Waals surface area (Å²) in [6, 6.07) is 5.98. The lowest BCUT2D eigenvalue weighted by molar-refractivity contribution is 0.0808. The van der Waals surface area contributed by atoms with Gasteiger partial charge in [-0.2, -0.15) is 0 Å². The van der Waals surface area contributed by atoms with Crippen molar-refractivity contribution in [1.82, 2.24) is 5.32 Å². The van der Waals surface area contributed by atoms with Crippen LogP contribution in [0.1, 0.15) is 24.8 Å². The van der Waals surface area contributed by atoms with Crippen molar-refractivity contribution in [2.24, 2.45) is 5.92 Å². The zero-order chi connectivity index (χ0) is 12.5. The summed E-state index contributed by atoms with van der Waals surface area (Å²) in [5.74, 6) is 1.12. The lowest BCUT2D eigenvalue weighted by atomic mass is 10.1. The van der Waals surface area contributed by atoms with E-state index in [1.165, 1.54) is 12.8 Å². The van der Waals surface area contributed by atoms with Gasteiger partial charge in [-0.15, -0.1) is 0 Å². The fraction of sp³-hybridized carbons (Fsp3) is 0.571. The molecule has 3 nitrogen and oxygen atoms in total.